The summed E-state index contributed by atoms with van der Waals surface area (Å²) in [6.45, 7) is 6.26. The summed E-state index contributed by atoms with van der Waals surface area (Å²) in [6, 6.07) is 10.0. The molecule has 0 spiro atoms. The number of nitrogens with zero attached hydrogens (tertiary/aromatic N) is 2. The van der Waals surface area contributed by atoms with Gasteiger partial charge in [-0.05, 0) is 103 Å². The second-order valence-corrected chi connectivity index (χ2v) is 9.28. The summed E-state index contributed by atoms with van der Waals surface area (Å²) in [6.07, 6.45) is 1.82. The molecule has 0 radical (unpaired) electrons. The molecule has 168 valence electrons. The van der Waals surface area contributed by atoms with Gasteiger partial charge in [-0.15, -0.1) is 0 Å². The number of hydrogen-bond donors (Lipinski definition) is 1. The molecule has 1 aliphatic heterocycles. The van der Waals surface area contributed by atoms with Gasteiger partial charge in [-0.1, -0.05) is 0 Å². The molecule has 0 bridgehead atoms. The molecule has 0 aromatic heterocycles. The van der Waals surface area contributed by atoms with Gasteiger partial charge in [0.2, 0.25) is 0 Å². The number of amides is 1. The van der Waals surface area contributed by atoms with E-state index in [0.717, 1.165) is 9.13 Å². The number of hydrogen-bond acceptors (Lipinski definition) is 6. The zero-order chi connectivity index (χ0) is 23.4. The number of aliphatic imine (C=N–C) groups is 1. The molecule has 2 aromatic carbocycles. The van der Waals surface area contributed by atoms with Crippen molar-refractivity contribution in [3.05, 3.63) is 56.0 Å². The molecule has 7 nitrogen and oxygen atoms in total. The first-order chi connectivity index (χ1) is 15.2. The predicted octanol–water partition coefficient (Wildman–Crippen LogP) is 5.41. The number of carbonyl (C=O) groups is 2. The quantitative estimate of drug-likeness (QED) is 0.356. The average Bonchev–Trinajstić information content (AvgIpc) is 3.03. The van der Waals surface area contributed by atoms with Gasteiger partial charge in [0.25, 0.3) is 5.91 Å². The van der Waals surface area contributed by atoms with E-state index in [9.17, 15) is 9.59 Å². The van der Waals surface area contributed by atoms with Crippen LogP contribution < -0.4 is 9.47 Å². The summed E-state index contributed by atoms with van der Waals surface area (Å²) >= 11 is 3.48. The van der Waals surface area contributed by atoms with Crippen LogP contribution in [0.1, 0.15) is 36.7 Å². The van der Waals surface area contributed by atoms with Gasteiger partial charge in [0.1, 0.15) is 0 Å². The van der Waals surface area contributed by atoms with Crippen molar-refractivity contribution in [1.82, 2.24) is 4.90 Å². The summed E-state index contributed by atoms with van der Waals surface area (Å²) in [5.41, 5.74) is 1.59. The molecule has 1 N–H and O–H groups in total. The molecule has 1 aliphatic rings. The molecule has 1 saturated heterocycles. The Bertz CT molecular complexity index is 1100. The van der Waals surface area contributed by atoms with Crippen LogP contribution in [0.15, 0.2) is 46.3 Å². The Kier molecular flexibility index (Phi) is 7.83. The Balaban J connectivity index is 1.93. The van der Waals surface area contributed by atoms with Crippen molar-refractivity contribution in [2.75, 3.05) is 13.7 Å². The van der Waals surface area contributed by atoms with Crippen molar-refractivity contribution >= 4 is 63.2 Å². The largest absolute Gasteiger partial charge is 0.493 e. The molecule has 0 unspecified atom stereocenters. The molecule has 9 heteroatoms. The minimum Gasteiger partial charge on any atom is -0.493 e. The third-order valence-electron chi connectivity index (χ3n) is 4.45. The minimum atomic E-state index is -0.995. The highest BCUT2D eigenvalue weighted by Crippen LogP contribution is 2.38. The number of halogens is 1. The van der Waals surface area contributed by atoms with Gasteiger partial charge in [0, 0.05) is 6.54 Å². The molecule has 1 amide bonds. The van der Waals surface area contributed by atoms with Gasteiger partial charge < -0.3 is 14.6 Å². The molecule has 3 rings (SSSR count). The summed E-state index contributed by atoms with van der Waals surface area (Å²) in [5, 5.41) is 9.60. The molecule has 1 heterocycles. The molecule has 32 heavy (non-hydrogen) atoms. The first-order valence-corrected chi connectivity index (χ1v) is 11.8. The smallest absolute Gasteiger partial charge is 0.335 e. The monoisotopic (exact) mass is 566 g/mol. The number of aromatic carboxylic acids is 1. The van der Waals surface area contributed by atoms with Crippen molar-refractivity contribution in [3.8, 4) is 11.5 Å². The molecular weight excluding hydrogens is 543 g/mol. The number of benzene rings is 2. The summed E-state index contributed by atoms with van der Waals surface area (Å²) < 4.78 is 12.3. The number of amidine groups is 1. The van der Waals surface area contributed by atoms with E-state index in [2.05, 4.69) is 27.6 Å². The van der Waals surface area contributed by atoms with Crippen molar-refractivity contribution in [1.29, 1.82) is 0 Å². The normalized spacial score (nSPS) is 16.3. The van der Waals surface area contributed by atoms with E-state index in [1.54, 1.807) is 24.1 Å². The second-order valence-electron chi connectivity index (χ2n) is 7.11. The van der Waals surface area contributed by atoms with E-state index in [1.165, 1.54) is 23.9 Å². The molecule has 2 aromatic rings. The highest BCUT2D eigenvalue weighted by Gasteiger charge is 2.32. The number of carboxylic acids is 1. The van der Waals surface area contributed by atoms with Crippen molar-refractivity contribution in [2.45, 2.75) is 26.9 Å². The number of carbonyl (C=O) groups excluding carboxylic acids is 1. The van der Waals surface area contributed by atoms with Crippen LogP contribution in [0, 0.1) is 3.57 Å². The van der Waals surface area contributed by atoms with Crippen LogP contribution in [0.2, 0.25) is 0 Å². The van der Waals surface area contributed by atoms with Gasteiger partial charge in [0.05, 0.1) is 32.9 Å². The average molecular weight is 566 g/mol. The summed E-state index contributed by atoms with van der Waals surface area (Å²) in [7, 11) is 1.59. The molecule has 0 atom stereocenters. The van der Waals surface area contributed by atoms with Crippen LogP contribution in [0.25, 0.3) is 6.08 Å². The van der Waals surface area contributed by atoms with Gasteiger partial charge in [-0.3, -0.25) is 9.69 Å². The van der Waals surface area contributed by atoms with E-state index in [4.69, 9.17) is 14.6 Å². The van der Waals surface area contributed by atoms with E-state index >= 15 is 0 Å². The maximum absolute atomic E-state index is 13.0. The summed E-state index contributed by atoms with van der Waals surface area (Å²) in [5.74, 6) is 0.158. The number of carboxylic acid groups (broad SMARTS) is 1. The lowest BCUT2D eigenvalue weighted by molar-refractivity contribution is -0.122. The Morgan fingerprint density at radius 2 is 1.97 bits per heavy atom. The van der Waals surface area contributed by atoms with Gasteiger partial charge in [-0.25, -0.2) is 9.79 Å². The SMILES string of the molecule is CCN1C(=O)/C(=C\c2cc(I)c(OC(C)C)c(OC)c2)SC1=Nc1ccc(C(=O)O)cc1. The first kappa shape index (κ1) is 24.1. The van der Waals surface area contributed by atoms with Crippen LogP contribution >= 0.6 is 34.4 Å². The lowest BCUT2D eigenvalue weighted by Crippen LogP contribution is -2.28. The van der Waals surface area contributed by atoms with E-state index in [0.29, 0.717) is 33.8 Å². The topological polar surface area (TPSA) is 88.4 Å². The minimum absolute atomic E-state index is 0.00929. The maximum atomic E-state index is 13.0. The molecule has 0 saturated carbocycles. The van der Waals surface area contributed by atoms with Gasteiger partial charge in [0.15, 0.2) is 16.7 Å². The highest BCUT2D eigenvalue weighted by atomic mass is 127. The second kappa shape index (κ2) is 10.4. The predicted molar refractivity (Wildman–Crippen MR) is 135 cm³/mol. The van der Waals surface area contributed by atoms with Crippen molar-refractivity contribution in [2.24, 2.45) is 4.99 Å². The summed E-state index contributed by atoms with van der Waals surface area (Å²) in [4.78, 5) is 30.7. The molecule has 0 aliphatic carbocycles. The van der Waals surface area contributed by atoms with Crippen LogP contribution in [-0.4, -0.2) is 46.8 Å². The van der Waals surface area contributed by atoms with Crippen LogP contribution in [0.3, 0.4) is 0 Å². The Hall–Kier alpha value is -2.53. The fourth-order valence-electron chi connectivity index (χ4n) is 2.98. The van der Waals surface area contributed by atoms with Crippen molar-refractivity contribution < 1.29 is 24.2 Å². The fourth-order valence-corrected chi connectivity index (χ4v) is 4.80. The zero-order valence-electron chi connectivity index (χ0n) is 18.1. The standard InChI is InChI=1S/C23H23IN2O5S/c1-5-26-21(27)19(32-23(26)25-16-8-6-15(7-9-16)22(28)29)12-14-10-17(24)20(31-13(2)3)18(11-14)30-4/h6-13H,5H2,1-4H3,(H,28,29)/b19-12+,25-23?. The Morgan fingerprint density at radius 1 is 1.28 bits per heavy atom. The fraction of sp³-hybridized carbons (Fsp3) is 0.261. The zero-order valence-corrected chi connectivity index (χ0v) is 21.1. The maximum Gasteiger partial charge on any atom is 0.335 e. The first-order valence-electron chi connectivity index (χ1n) is 9.91. The number of thioether (sulfide) groups is 1. The van der Waals surface area contributed by atoms with Gasteiger partial charge in [-0.2, -0.15) is 0 Å². The number of rotatable bonds is 7. The molecule has 1 fully saturated rings. The Morgan fingerprint density at radius 3 is 2.53 bits per heavy atom. The molecular formula is C23H23IN2O5S. The highest BCUT2D eigenvalue weighted by molar-refractivity contribution is 14.1. The van der Waals surface area contributed by atoms with Crippen LogP contribution in [0.4, 0.5) is 5.69 Å². The van der Waals surface area contributed by atoms with Crippen LogP contribution in [-0.2, 0) is 4.79 Å². The Labute approximate surface area is 204 Å². The third kappa shape index (κ3) is 5.44. The van der Waals surface area contributed by atoms with E-state index < -0.39 is 5.97 Å². The number of ether oxygens (including phenoxy) is 2. The lowest BCUT2D eigenvalue weighted by Gasteiger charge is -2.16. The van der Waals surface area contributed by atoms with Gasteiger partial charge >= 0.3 is 5.97 Å². The number of likely N-dealkylation sites (N-methyl/N-ethyl adjacent to an activating group) is 1. The third-order valence-corrected chi connectivity index (χ3v) is 6.25. The van der Waals surface area contributed by atoms with Crippen LogP contribution in [0.5, 0.6) is 11.5 Å². The van der Waals surface area contributed by atoms with E-state index in [-0.39, 0.29) is 17.6 Å². The van der Waals surface area contributed by atoms with Crippen molar-refractivity contribution in [3.63, 3.8) is 0 Å². The lowest BCUT2D eigenvalue weighted by atomic mass is 10.2. The van der Waals surface area contributed by atoms with E-state index in [1.807, 2.05) is 39.0 Å². The number of methoxy groups -OCH3 is 1.